The third kappa shape index (κ3) is 6.09. The molecule has 1 rings (SSSR count). The Kier molecular flexibility index (Phi) is 7.35. The van der Waals surface area contributed by atoms with Crippen LogP contribution >= 0.6 is 0 Å². The van der Waals surface area contributed by atoms with Gasteiger partial charge in [0.05, 0.1) is 5.75 Å². The van der Waals surface area contributed by atoms with E-state index in [-0.39, 0.29) is 23.6 Å². The molecule has 1 aromatic rings. The number of benzene rings is 1. The molecule has 0 radical (unpaired) electrons. The van der Waals surface area contributed by atoms with Crippen molar-refractivity contribution in [3.63, 3.8) is 0 Å². The topological polar surface area (TPSA) is 75.7 Å². The summed E-state index contributed by atoms with van der Waals surface area (Å²) < 4.78 is 27.8. The van der Waals surface area contributed by atoms with E-state index >= 15 is 0 Å². The van der Waals surface area contributed by atoms with Crippen LogP contribution in [0, 0.1) is 0 Å². The fourth-order valence-corrected chi connectivity index (χ4v) is 2.48. The molecule has 1 aromatic carbocycles. The summed E-state index contributed by atoms with van der Waals surface area (Å²) in [5.41, 5.74) is 0.915. The first-order chi connectivity index (χ1) is 10.8. The van der Waals surface area contributed by atoms with Gasteiger partial charge in [0.25, 0.3) is 0 Å². The number of urea groups is 1. The van der Waals surface area contributed by atoms with Gasteiger partial charge >= 0.3 is 16.1 Å². The molecule has 0 saturated carbocycles. The first-order valence-corrected chi connectivity index (χ1v) is 9.46. The quantitative estimate of drug-likeness (QED) is 0.737. The van der Waals surface area contributed by atoms with E-state index in [0.29, 0.717) is 13.1 Å². The molecule has 0 aliphatic heterocycles. The SMILES string of the molecule is CCNC(=O)N(Cc1ccc(OS(=O)(=O)CC)cc1)[C@@H](C)CC. The highest BCUT2D eigenvalue weighted by atomic mass is 32.2. The molecule has 7 heteroatoms. The lowest BCUT2D eigenvalue weighted by atomic mass is 10.1. The molecule has 0 aromatic heterocycles. The van der Waals surface area contributed by atoms with Crippen molar-refractivity contribution >= 4 is 16.1 Å². The third-order valence-electron chi connectivity index (χ3n) is 3.56. The van der Waals surface area contributed by atoms with Crippen molar-refractivity contribution in [2.24, 2.45) is 0 Å². The van der Waals surface area contributed by atoms with Gasteiger partial charge in [-0.25, -0.2) is 4.79 Å². The van der Waals surface area contributed by atoms with Crippen LogP contribution in [0.1, 0.15) is 39.7 Å². The van der Waals surface area contributed by atoms with Crippen LogP contribution in [0.2, 0.25) is 0 Å². The van der Waals surface area contributed by atoms with Crippen molar-refractivity contribution in [2.45, 2.75) is 46.7 Å². The summed E-state index contributed by atoms with van der Waals surface area (Å²) >= 11 is 0. The molecule has 2 amide bonds. The maximum atomic E-state index is 12.2. The van der Waals surface area contributed by atoms with Gasteiger partial charge in [-0.3, -0.25) is 0 Å². The van der Waals surface area contributed by atoms with E-state index in [0.717, 1.165) is 12.0 Å². The second-order valence-corrected chi connectivity index (χ2v) is 7.15. The molecule has 23 heavy (non-hydrogen) atoms. The number of hydrogen-bond donors (Lipinski definition) is 1. The Balaban J connectivity index is 2.83. The lowest BCUT2D eigenvalue weighted by molar-refractivity contribution is 0.174. The van der Waals surface area contributed by atoms with Gasteiger partial charge in [0.15, 0.2) is 0 Å². The van der Waals surface area contributed by atoms with Crippen molar-refractivity contribution in [3.05, 3.63) is 29.8 Å². The zero-order valence-electron chi connectivity index (χ0n) is 14.2. The van der Waals surface area contributed by atoms with Gasteiger partial charge in [0, 0.05) is 19.1 Å². The van der Waals surface area contributed by atoms with Crippen LogP contribution in [-0.4, -0.2) is 37.7 Å². The molecule has 0 bridgehead atoms. The molecule has 6 nitrogen and oxygen atoms in total. The average Bonchev–Trinajstić information content (AvgIpc) is 2.53. The van der Waals surface area contributed by atoms with Crippen molar-refractivity contribution < 1.29 is 17.4 Å². The maximum absolute atomic E-state index is 12.2. The van der Waals surface area contributed by atoms with Crippen LogP contribution in [0.25, 0.3) is 0 Å². The zero-order chi connectivity index (χ0) is 17.5. The van der Waals surface area contributed by atoms with E-state index in [1.807, 2.05) is 20.8 Å². The molecule has 1 atom stereocenters. The summed E-state index contributed by atoms with van der Waals surface area (Å²) in [6, 6.07) is 6.77. The first-order valence-electron chi connectivity index (χ1n) is 7.88. The van der Waals surface area contributed by atoms with Gasteiger partial charge in [0.1, 0.15) is 5.75 Å². The number of carbonyl (C=O) groups excluding carboxylic acids is 1. The highest BCUT2D eigenvalue weighted by Crippen LogP contribution is 2.17. The number of nitrogens with one attached hydrogen (secondary N) is 1. The van der Waals surface area contributed by atoms with Crippen LogP contribution < -0.4 is 9.50 Å². The molecule has 0 unspecified atom stereocenters. The molecule has 0 heterocycles. The number of hydrogen-bond acceptors (Lipinski definition) is 4. The number of nitrogens with zero attached hydrogens (tertiary/aromatic N) is 1. The molecule has 0 spiro atoms. The van der Waals surface area contributed by atoms with E-state index in [4.69, 9.17) is 4.18 Å². The van der Waals surface area contributed by atoms with Gasteiger partial charge in [-0.1, -0.05) is 19.1 Å². The van der Waals surface area contributed by atoms with Crippen molar-refractivity contribution in [1.29, 1.82) is 0 Å². The van der Waals surface area contributed by atoms with Crippen molar-refractivity contribution in [2.75, 3.05) is 12.3 Å². The minimum absolute atomic E-state index is 0.0757. The Hall–Kier alpha value is -1.76. The highest BCUT2D eigenvalue weighted by molar-refractivity contribution is 7.87. The summed E-state index contributed by atoms with van der Waals surface area (Å²) in [7, 11) is -3.52. The van der Waals surface area contributed by atoms with Gasteiger partial charge in [-0.2, -0.15) is 8.42 Å². The minimum atomic E-state index is -3.52. The van der Waals surface area contributed by atoms with Gasteiger partial charge in [-0.15, -0.1) is 0 Å². The second kappa shape index (κ2) is 8.76. The molecule has 0 aliphatic rings. The fourth-order valence-electron chi connectivity index (χ4n) is 1.95. The van der Waals surface area contributed by atoms with E-state index in [1.165, 1.54) is 6.92 Å². The smallest absolute Gasteiger partial charge is 0.317 e. The largest absolute Gasteiger partial charge is 0.382 e. The van der Waals surface area contributed by atoms with Crippen LogP contribution in [-0.2, 0) is 16.7 Å². The number of carbonyl (C=O) groups is 1. The Labute approximate surface area is 138 Å². The molecule has 1 N–H and O–H groups in total. The Bertz CT molecular complexity index is 599. The highest BCUT2D eigenvalue weighted by Gasteiger charge is 2.18. The van der Waals surface area contributed by atoms with Crippen LogP contribution in [0.5, 0.6) is 5.75 Å². The summed E-state index contributed by atoms with van der Waals surface area (Å²) in [5, 5.41) is 2.81. The van der Waals surface area contributed by atoms with E-state index in [1.54, 1.807) is 29.2 Å². The normalized spacial score (nSPS) is 12.5. The van der Waals surface area contributed by atoms with Gasteiger partial charge in [0.2, 0.25) is 0 Å². The van der Waals surface area contributed by atoms with E-state index < -0.39 is 10.1 Å². The van der Waals surface area contributed by atoms with Gasteiger partial charge in [-0.05, 0) is 44.9 Å². The minimum Gasteiger partial charge on any atom is -0.382 e. The second-order valence-electron chi connectivity index (χ2n) is 5.29. The van der Waals surface area contributed by atoms with Crippen molar-refractivity contribution in [1.82, 2.24) is 10.2 Å². The zero-order valence-corrected chi connectivity index (χ0v) is 15.0. The van der Waals surface area contributed by atoms with Crippen LogP contribution in [0.3, 0.4) is 0 Å². The van der Waals surface area contributed by atoms with E-state index in [2.05, 4.69) is 5.32 Å². The molecular weight excluding hydrogens is 316 g/mol. The van der Waals surface area contributed by atoms with Gasteiger partial charge < -0.3 is 14.4 Å². The average molecular weight is 342 g/mol. The Morgan fingerprint density at radius 3 is 2.30 bits per heavy atom. The lowest BCUT2D eigenvalue weighted by Gasteiger charge is -2.28. The predicted molar refractivity (Wildman–Crippen MR) is 90.9 cm³/mol. The summed E-state index contributed by atoms with van der Waals surface area (Å²) in [4.78, 5) is 13.9. The summed E-state index contributed by atoms with van der Waals surface area (Å²) in [5.74, 6) is 0.206. The van der Waals surface area contributed by atoms with Crippen molar-refractivity contribution in [3.8, 4) is 5.75 Å². The molecule has 0 saturated heterocycles. The van der Waals surface area contributed by atoms with Crippen LogP contribution in [0.4, 0.5) is 4.79 Å². The monoisotopic (exact) mass is 342 g/mol. The molecule has 130 valence electrons. The molecule has 0 fully saturated rings. The van der Waals surface area contributed by atoms with Crippen LogP contribution in [0.15, 0.2) is 24.3 Å². The number of rotatable bonds is 8. The fraction of sp³-hybridized carbons (Fsp3) is 0.562. The lowest BCUT2D eigenvalue weighted by Crippen LogP contribution is -2.44. The summed E-state index contributed by atoms with van der Waals surface area (Å²) in [6.45, 7) is 8.48. The summed E-state index contributed by atoms with van der Waals surface area (Å²) in [6.07, 6.45) is 0.854. The Morgan fingerprint density at radius 1 is 1.22 bits per heavy atom. The standard InChI is InChI=1S/C16H26N2O4S/c1-5-13(4)18(16(19)17-6-2)12-14-8-10-15(11-9-14)22-23(20,21)7-3/h8-11,13H,5-7,12H2,1-4H3,(H,17,19)/t13-/m0/s1. The predicted octanol–water partition coefficient (Wildman–Crippen LogP) is 2.75. The third-order valence-corrected chi connectivity index (χ3v) is 4.72. The molecular formula is C16H26N2O4S. The number of amides is 2. The maximum Gasteiger partial charge on any atom is 0.317 e. The first kappa shape index (κ1) is 19.3. The molecule has 0 aliphatic carbocycles. The Morgan fingerprint density at radius 2 is 1.83 bits per heavy atom. The van der Waals surface area contributed by atoms with E-state index in [9.17, 15) is 13.2 Å².